The van der Waals surface area contributed by atoms with Crippen LogP contribution in [-0.4, -0.2) is 4.98 Å². The van der Waals surface area contributed by atoms with E-state index in [2.05, 4.69) is 50.5 Å². The number of pyridine rings is 1. The van der Waals surface area contributed by atoms with Crippen molar-refractivity contribution in [2.45, 2.75) is 20.0 Å². The molecule has 0 saturated carbocycles. The van der Waals surface area contributed by atoms with Gasteiger partial charge >= 0.3 is 0 Å². The highest BCUT2D eigenvalue weighted by Gasteiger charge is 1.99. The molecule has 0 fully saturated rings. The van der Waals surface area contributed by atoms with Gasteiger partial charge in [-0.15, -0.1) is 0 Å². The summed E-state index contributed by atoms with van der Waals surface area (Å²) < 4.78 is 1.03. The third kappa shape index (κ3) is 3.31. The van der Waals surface area contributed by atoms with Gasteiger partial charge in [0.05, 0.1) is 0 Å². The van der Waals surface area contributed by atoms with Gasteiger partial charge in [0, 0.05) is 23.8 Å². The summed E-state index contributed by atoms with van der Waals surface area (Å²) in [4.78, 5) is 4.31. The first-order chi connectivity index (χ1) is 8.69. The molecule has 3 N–H and O–H groups in total. The van der Waals surface area contributed by atoms with Gasteiger partial charge in [0.2, 0.25) is 0 Å². The van der Waals surface area contributed by atoms with Crippen LogP contribution in [0.4, 0.5) is 5.82 Å². The van der Waals surface area contributed by atoms with Crippen molar-refractivity contribution in [3.05, 3.63) is 57.7 Å². The highest BCUT2D eigenvalue weighted by molar-refractivity contribution is 9.10. The molecule has 1 aromatic carbocycles. The predicted molar refractivity (Wildman–Crippen MR) is 78.3 cm³/mol. The molecule has 0 amide bonds. The van der Waals surface area contributed by atoms with E-state index in [-0.39, 0.29) is 0 Å². The lowest BCUT2D eigenvalue weighted by Crippen LogP contribution is -2.02. The van der Waals surface area contributed by atoms with Crippen LogP contribution in [0.5, 0.6) is 0 Å². The van der Waals surface area contributed by atoms with E-state index in [9.17, 15) is 0 Å². The molecule has 1 heterocycles. The number of nitrogens with two attached hydrogens (primary N) is 1. The minimum atomic E-state index is 0.584. The largest absolute Gasteiger partial charge is 0.366 e. The molecule has 0 aliphatic rings. The molecule has 1 aromatic heterocycles. The van der Waals surface area contributed by atoms with Crippen LogP contribution in [-0.2, 0) is 13.1 Å². The first-order valence-corrected chi connectivity index (χ1v) is 6.62. The summed E-state index contributed by atoms with van der Waals surface area (Å²) in [6.07, 6.45) is 1.81. The lowest BCUT2D eigenvalue weighted by Gasteiger charge is -2.07. The second-order valence-electron chi connectivity index (χ2n) is 4.19. The molecule has 0 aliphatic carbocycles. The Hall–Kier alpha value is -1.39. The Morgan fingerprint density at radius 1 is 1.22 bits per heavy atom. The van der Waals surface area contributed by atoms with Crippen molar-refractivity contribution >= 4 is 21.7 Å². The number of aryl methyl sites for hydroxylation is 1. The maximum atomic E-state index is 5.57. The molecule has 0 atom stereocenters. The topological polar surface area (TPSA) is 50.9 Å². The van der Waals surface area contributed by atoms with Gasteiger partial charge in [0.1, 0.15) is 5.82 Å². The van der Waals surface area contributed by atoms with E-state index < -0.39 is 0 Å². The van der Waals surface area contributed by atoms with Gasteiger partial charge in [0.15, 0.2) is 0 Å². The Morgan fingerprint density at radius 3 is 2.50 bits per heavy atom. The highest BCUT2D eigenvalue weighted by atomic mass is 79.9. The lowest BCUT2D eigenvalue weighted by molar-refractivity contribution is 1.05. The lowest BCUT2D eigenvalue weighted by atomic mass is 10.1. The average molecular weight is 306 g/mol. The molecule has 0 radical (unpaired) electrons. The normalized spacial score (nSPS) is 10.4. The summed E-state index contributed by atoms with van der Waals surface area (Å²) in [5.41, 5.74) is 9.10. The van der Waals surface area contributed by atoms with Crippen molar-refractivity contribution in [1.29, 1.82) is 0 Å². The van der Waals surface area contributed by atoms with Crippen molar-refractivity contribution in [2.24, 2.45) is 5.73 Å². The van der Waals surface area contributed by atoms with Gasteiger partial charge < -0.3 is 11.1 Å². The minimum absolute atomic E-state index is 0.584. The molecule has 94 valence electrons. The van der Waals surface area contributed by atoms with E-state index in [1.54, 1.807) is 0 Å². The highest BCUT2D eigenvalue weighted by Crippen LogP contribution is 2.17. The summed E-state index contributed by atoms with van der Waals surface area (Å²) in [6.45, 7) is 3.40. The molecule has 0 saturated heterocycles. The molecule has 2 aromatic rings. The molecule has 0 unspecified atom stereocenters. The van der Waals surface area contributed by atoms with Crippen LogP contribution in [0.25, 0.3) is 0 Å². The van der Waals surface area contributed by atoms with Gasteiger partial charge in [-0.25, -0.2) is 4.98 Å². The number of aromatic nitrogens is 1. The Labute approximate surface area is 116 Å². The van der Waals surface area contributed by atoms with Gasteiger partial charge in [-0.1, -0.05) is 24.3 Å². The maximum absolute atomic E-state index is 5.57. The van der Waals surface area contributed by atoms with Crippen molar-refractivity contribution in [1.82, 2.24) is 4.98 Å². The van der Waals surface area contributed by atoms with E-state index in [4.69, 9.17) is 5.73 Å². The first-order valence-electron chi connectivity index (χ1n) is 5.83. The molecule has 0 spiro atoms. The Morgan fingerprint density at radius 2 is 1.89 bits per heavy atom. The van der Waals surface area contributed by atoms with E-state index in [0.717, 1.165) is 22.4 Å². The maximum Gasteiger partial charge on any atom is 0.126 e. The number of anilines is 1. The average Bonchev–Trinajstić information content (AvgIpc) is 2.41. The summed E-state index contributed by atoms with van der Waals surface area (Å²) in [5, 5.41) is 3.30. The first kappa shape index (κ1) is 13.1. The number of rotatable bonds is 4. The van der Waals surface area contributed by atoms with Crippen LogP contribution in [0, 0.1) is 6.92 Å². The molecule has 0 aliphatic heterocycles. The Bertz CT molecular complexity index is 523. The zero-order chi connectivity index (χ0) is 13.0. The fourth-order valence-corrected chi connectivity index (χ4v) is 1.84. The van der Waals surface area contributed by atoms with Crippen LogP contribution >= 0.6 is 15.9 Å². The van der Waals surface area contributed by atoms with Crippen LogP contribution in [0.1, 0.15) is 16.7 Å². The standard InChI is InChI=1S/C14H16BrN3/c1-10-6-14(18-9-13(10)15)17-8-12-4-2-11(7-16)3-5-12/h2-6,9H,7-8,16H2,1H3,(H,17,18). The quantitative estimate of drug-likeness (QED) is 0.912. The monoisotopic (exact) mass is 305 g/mol. The fourth-order valence-electron chi connectivity index (χ4n) is 1.62. The van der Waals surface area contributed by atoms with E-state index in [1.807, 2.05) is 19.2 Å². The Kier molecular flexibility index (Phi) is 4.33. The molecular weight excluding hydrogens is 290 g/mol. The molecule has 3 nitrogen and oxygen atoms in total. The minimum Gasteiger partial charge on any atom is -0.366 e. The van der Waals surface area contributed by atoms with Gasteiger partial charge in [-0.2, -0.15) is 0 Å². The van der Waals surface area contributed by atoms with Crippen LogP contribution in [0.2, 0.25) is 0 Å². The van der Waals surface area contributed by atoms with E-state index in [0.29, 0.717) is 6.54 Å². The molecule has 2 rings (SSSR count). The van der Waals surface area contributed by atoms with Gasteiger partial charge in [-0.05, 0) is 45.6 Å². The van der Waals surface area contributed by atoms with Crippen molar-refractivity contribution < 1.29 is 0 Å². The zero-order valence-corrected chi connectivity index (χ0v) is 11.9. The van der Waals surface area contributed by atoms with Gasteiger partial charge in [0.25, 0.3) is 0 Å². The predicted octanol–water partition coefficient (Wildman–Crippen LogP) is 3.22. The third-order valence-electron chi connectivity index (χ3n) is 2.78. The van der Waals surface area contributed by atoms with Crippen LogP contribution in [0.15, 0.2) is 41.0 Å². The van der Waals surface area contributed by atoms with E-state index in [1.165, 1.54) is 11.1 Å². The number of hydrogen-bond acceptors (Lipinski definition) is 3. The number of nitrogens with one attached hydrogen (secondary N) is 1. The SMILES string of the molecule is Cc1cc(NCc2ccc(CN)cc2)ncc1Br. The van der Waals surface area contributed by atoms with Crippen molar-refractivity contribution in [2.75, 3.05) is 5.32 Å². The van der Waals surface area contributed by atoms with Gasteiger partial charge in [-0.3, -0.25) is 0 Å². The van der Waals surface area contributed by atoms with Crippen LogP contribution < -0.4 is 11.1 Å². The smallest absolute Gasteiger partial charge is 0.126 e. The van der Waals surface area contributed by atoms with E-state index >= 15 is 0 Å². The molecule has 18 heavy (non-hydrogen) atoms. The molecule has 0 bridgehead atoms. The molecular formula is C14H16BrN3. The summed E-state index contributed by atoms with van der Waals surface area (Å²) >= 11 is 3.44. The fraction of sp³-hybridized carbons (Fsp3) is 0.214. The summed E-state index contributed by atoms with van der Waals surface area (Å²) in [6, 6.07) is 10.3. The zero-order valence-electron chi connectivity index (χ0n) is 10.3. The number of halogens is 1. The Balaban J connectivity index is 1.99. The summed E-state index contributed by atoms with van der Waals surface area (Å²) in [7, 11) is 0. The summed E-state index contributed by atoms with van der Waals surface area (Å²) in [5.74, 6) is 0.888. The van der Waals surface area contributed by atoms with Crippen molar-refractivity contribution in [3.63, 3.8) is 0 Å². The number of hydrogen-bond donors (Lipinski definition) is 2. The van der Waals surface area contributed by atoms with Crippen molar-refractivity contribution in [3.8, 4) is 0 Å². The molecule has 4 heteroatoms. The second kappa shape index (κ2) is 5.98. The number of benzene rings is 1. The van der Waals surface area contributed by atoms with Crippen LogP contribution in [0.3, 0.4) is 0 Å². The second-order valence-corrected chi connectivity index (χ2v) is 5.05. The third-order valence-corrected chi connectivity index (χ3v) is 3.61. The number of nitrogens with zero attached hydrogens (tertiary/aromatic N) is 1.